The Morgan fingerprint density at radius 3 is 2.30 bits per heavy atom. The van der Waals surface area contributed by atoms with Crippen LogP contribution in [0.4, 0.5) is 0 Å². The molecule has 1 heterocycles. The van der Waals surface area contributed by atoms with Gasteiger partial charge in [-0.3, -0.25) is 0 Å². The third kappa shape index (κ3) is 5.46. The number of fused-ring (bicyclic) bond motifs is 1. The number of esters is 1. The highest BCUT2D eigenvalue weighted by Gasteiger charge is 2.33. The van der Waals surface area contributed by atoms with E-state index in [1.54, 1.807) is 68.8 Å². The van der Waals surface area contributed by atoms with Crippen LogP contribution in [0, 0.1) is 17.2 Å². The smallest absolute Gasteiger partial charge is 0.343 e. The van der Waals surface area contributed by atoms with Crippen molar-refractivity contribution in [1.29, 1.82) is 5.26 Å². The molecule has 1 aliphatic rings. The number of nitrogens with two attached hydrogens (primary N) is 1. The number of nitriles is 1. The Morgan fingerprint density at radius 2 is 1.65 bits per heavy atom. The fourth-order valence-electron chi connectivity index (χ4n) is 3.99. The number of rotatable bonds is 8. The van der Waals surface area contributed by atoms with E-state index in [9.17, 15) is 10.1 Å². The molecule has 3 aromatic rings. The van der Waals surface area contributed by atoms with E-state index in [4.69, 9.17) is 29.4 Å². The molecule has 0 saturated heterocycles. The first-order chi connectivity index (χ1) is 17.8. The van der Waals surface area contributed by atoms with E-state index in [1.807, 2.05) is 6.07 Å². The SMILES string of the molecule is COc1ccc(C2C(C#N)=C(N)Oc3cc(OC(=O)c4ccc(OCC(C)C)cc4)ccc32)c(OC)c1. The zero-order chi connectivity index (χ0) is 26.5. The molecular weight excluding hydrogens is 472 g/mol. The van der Waals surface area contributed by atoms with Crippen molar-refractivity contribution in [3.63, 3.8) is 0 Å². The summed E-state index contributed by atoms with van der Waals surface area (Å²) in [5.41, 5.74) is 8.16. The second-order valence-electron chi connectivity index (χ2n) is 8.85. The Bertz CT molecular complexity index is 1370. The number of carbonyl (C=O) groups is 1. The summed E-state index contributed by atoms with van der Waals surface area (Å²) in [6, 6.07) is 19.3. The second kappa shape index (κ2) is 11.0. The first kappa shape index (κ1) is 25.5. The second-order valence-corrected chi connectivity index (χ2v) is 8.85. The summed E-state index contributed by atoms with van der Waals surface area (Å²) in [4.78, 5) is 12.7. The minimum atomic E-state index is -0.544. The monoisotopic (exact) mass is 500 g/mol. The normalized spacial score (nSPS) is 14.3. The van der Waals surface area contributed by atoms with Crippen molar-refractivity contribution in [2.24, 2.45) is 11.7 Å². The molecule has 0 bridgehead atoms. The molecule has 2 N–H and O–H groups in total. The van der Waals surface area contributed by atoms with Crippen molar-refractivity contribution in [2.45, 2.75) is 19.8 Å². The van der Waals surface area contributed by atoms with Gasteiger partial charge in [-0.2, -0.15) is 5.26 Å². The summed E-state index contributed by atoms with van der Waals surface area (Å²) in [6.07, 6.45) is 0. The van der Waals surface area contributed by atoms with Crippen LogP contribution >= 0.6 is 0 Å². The van der Waals surface area contributed by atoms with Gasteiger partial charge in [0.05, 0.1) is 32.3 Å². The summed E-state index contributed by atoms with van der Waals surface area (Å²) < 4.78 is 27.9. The van der Waals surface area contributed by atoms with Gasteiger partial charge < -0.3 is 29.4 Å². The van der Waals surface area contributed by atoms with Gasteiger partial charge >= 0.3 is 5.97 Å². The van der Waals surface area contributed by atoms with Gasteiger partial charge in [0.25, 0.3) is 0 Å². The lowest BCUT2D eigenvalue weighted by Crippen LogP contribution is -2.21. The summed E-state index contributed by atoms with van der Waals surface area (Å²) in [6.45, 7) is 4.72. The van der Waals surface area contributed by atoms with E-state index in [0.29, 0.717) is 46.6 Å². The van der Waals surface area contributed by atoms with Gasteiger partial charge in [-0.05, 0) is 42.3 Å². The third-order valence-electron chi connectivity index (χ3n) is 5.83. The van der Waals surface area contributed by atoms with E-state index < -0.39 is 11.9 Å². The van der Waals surface area contributed by atoms with Gasteiger partial charge in [0.2, 0.25) is 5.88 Å². The molecule has 1 atom stereocenters. The van der Waals surface area contributed by atoms with Crippen LogP contribution in [0.5, 0.6) is 28.7 Å². The average molecular weight is 501 g/mol. The predicted octanol–water partition coefficient (Wildman–Crippen LogP) is 5.18. The van der Waals surface area contributed by atoms with Crippen LogP contribution in [0.2, 0.25) is 0 Å². The lowest BCUT2D eigenvalue weighted by atomic mass is 9.83. The molecule has 0 spiro atoms. The van der Waals surface area contributed by atoms with Crippen LogP contribution in [0.15, 0.2) is 72.1 Å². The Balaban J connectivity index is 1.61. The van der Waals surface area contributed by atoms with Crippen molar-refractivity contribution < 1.29 is 28.5 Å². The number of methoxy groups -OCH3 is 2. The Labute approximate surface area is 215 Å². The van der Waals surface area contributed by atoms with Gasteiger partial charge in [-0.1, -0.05) is 26.0 Å². The highest BCUT2D eigenvalue weighted by Crippen LogP contribution is 2.46. The van der Waals surface area contributed by atoms with Crippen molar-refractivity contribution >= 4 is 5.97 Å². The predicted molar refractivity (Wildman–Crippen MR) is 137 cm³/mol. The molecule has 37 heavy (non-hydrogen) atoms. The largest absolute Gasteiger partial charge is 0.497 e. The standard InChI is InChI=1S/C29H28N2O6/c1-17(2)16-35-19-7-5-18(6-8-19)29(32)36-21-10-12-23-26(14-21)37-28(31)24(15-30)27(23)22-11-9-20(33-3)13-25(22)34-4/h5-14,17,27H,16,31H2,1-4H3. The summed E-state index contributed by atoms with van der Waals surface area (Å²) in [5.74, 6) is 1.79. The summed E-state index contributed by atoms with van der Waals surface area (Å²) in [5, 5.41) is 9.85. The minimum Gasteiger partial charge on any atom is -0.497 e. The number of allylic oxidation sites excluding steroid dienone is 1. The summed E-state index contributed by atoms with van der Waals surface area (Å²) in [7, 11) is 3.11. The van der Waals surface area contributed by atoms with E-state index in [-0.39, 0.29) is 17.2 Å². The number of ether oxygens (including phenoxy) is 5. The van der Waals surface area contributed by atoms with E-state index in [2.05, 4.69) is 19.9 Å². The Morgan fingerprint density at radius 1 is 0.973 bits per heavy atom. The number of carbonyl (C=O) groups excluding carboxylic acids is 1. The van der Waals surface area contributed by atoms with Gasteiger partial charge in [-0.25, -0.2) is 4.79 Å². The highest BCUT2D eigenvalue weighted by molar-refractivity contribution is 5.91. The fraction of sp³-hybridized carbons (Fsp3) is 0.241. The van der Waals surface area contributed by atoms with Crippen LogP contribution in [0.25, 0.3) is 0 Å². The maximum Gasteiger partial charge on any atom is 0.343 e. The quantitative estimate of drug-likeness (QED) is 0.333. The molecule has 0 saturated carbocycles. The number of hydrogen-bond donors (Lipinski definition) is 1. The number of hydrogen-bond acceptors (Lipinski definition) is 8. The van der Waals surface area contributed by atoms with Crippen LogP contribution < -0.4 is 29.4 Å². The van der Waals surface area contributed by atoms with Gasteiger partial charge in [0, 0.05) is 23.3 Å². The molecule has 4 rings (SSSR count). The van der Waals surface area contributed by atoms with E-state index in [0.717, 1.165) is 5.56 Å². The molecule has 8 heteroatoms. The van der Waals surface area contributed by atoms with Crippen molar-refractivity contribution in [2.75, 3.05) is 20.8 Å². The molecule has 0 aliphatic carbocycles. The zero-order valence-electron chi connectivity index (χ0n) is 21.1. The van der Waals surface area contributed by atoms with Gasteiger partial charge in [-0.15, -0.1) is 0 Å². The maximum atomic E-state index is 12.7. The molecular formula is C29H28N2O6. The molecule has 190 valence electrons. The van der Waals surface area contributed by atoms with Crippen molar-refractivity contribution in [3.8, 4) is 34.8 Å². The molecule has 8 nitrogen and oxygen atoms in total. The zero-order valence-corrected chi connectivity index (χ0v) is 21.1. The summed E-state index contributed by atoms with van der Waals surface area (Å²) >= 11 is 0. The van der Waals surface area contributed by atoms with Crippen LogP contribution in [-0.4, -0.2) is 26.8 Å². The molecule has 1 aliphatic heterocycles. The lowest BCUT2D eigenvalue weighted by Gasteiger charge is -2.27. The van der Waals surface area contributed by atoms with Crippen LogP contribution in [0.3, 0.4) is 0 Å². The Kier molecular flexibility index (Phi) is 7.54. The first-order valence-electron chi connectivity index (χ1n) is 11.7. The highest BCUT2D eigenvalue weighted by atomic mass is 16.5. The molecule has 0 amide bonds. The first-order valence-corrected chi connectivity index (χ1v) is 11.7. The number of nitrogens with zero attached hydrogens (tertiary/aromatic N) is 1. The average Bonchev–Trinajstić information content (AvgIpc) is 2.90. The van der Waals surface area contributed by atoms with Gasteiger partial charge in [0.15, 0.2) is 0 Å². The number of benzene rings is 3. The van der Waals surface area contributed by atoms with E-state index in [1.165, 1.54) is 0 Å². The molecule has 3 aromatic carbocycles. The third-order valence-corrected chi connectivity index (χ3v) is 5.83. The fourth-order valence-corrected chi connectivity index (χ4v) is 3.99. The Hall–Kier alpha value is -4.64. The van der Waals surface area contributed by atoms with Crippen LogP contribution in [0.1, 0.15) is 41.3 Å². The minimum absolute atomic E-state index is 0.0293. The molecule has 1 unspecified atom stereocenters. The van der Waals surface area contributed by atoms with Crippen molar-refractivity contribution in [3.05, 3.63) is 88.8 Å². The van der Waals surface area contributed by atoms with E-state index >= 15 is 0 Å². The maximum absolute atomic E-state index is 12.7. The molecule has 0 radical (unpaired) electrons. The van der Waals surface area contributed by atoms with Gasteiger partial charge in [0.1, 0.15) is 40.4 Å². The van der Waals surface area contributed by atoms with Crippen LogP contribution in [-0.2, 0) is 0 Å². The topological polar surface area (TPSA) is 113 Å². The lowest BCUT2D eigenvalue weighted by molar-refractivity contribution is 0.0734. The molecule has 0 fully saturated rings. The molecule has 0 aromatic heterocycles. The van der Waals surface area contributed by atoms with Crippen molar-refractivity contribution in [1.82, 2.24) is 0 Å².